The average molecular weight is 277 g/mol. The molecule has 0 atom stereocenters. The van der Waals surface area contributed by atoms with Gasteiger partial charge in [-0.2, -0.15) is 10.5 Å². The Morgan fingerprint density at radius 2 is 1.67 bits per heavy atom. The molecule has 0 aliphatic heterocycles. The summed E-state index contributed by atoms with van der Waals surface area (Å²) in [7, 11) is 0. The lowest BCUT2D eigenvalue weighted by atomic mass is 10.1. The lowest BCUT2D eigenvalue weighted by molar-refractivity contribution is 0.341. The van der Waals surface area contributed by atoms with Crippen molar-refractivity contribution in [3.8, 4) is 17.9 Å². The van der Waals surface area contributed by atoms with Gasteiger partial charge in [0.2, 0.25) is 0 Å². The summed E-state index contributed by atoms with van der Waals surface area (Å²) in [5.41, 5.74) is 3.07. The Labute approximate surface area is 124 Å². The number of anilines is 1. The number of hydrogen-bond donors (Lipinski definition) is 1. The Morgan fingerprint density at radius 1 is 1.00 bits per heavy atom. The molecule has 0 saturated carbocycles. The van der Waals surface area contributed by atoms with Crippen molar-refractivity contribution in [3.05, 3.63) is 59.2 Å². The first-order valence-corrected chi connectivity index (χ1v) is 6.66. The molecule has 0 fully saturated rings. The highest BCUT2D eigenvalue weighted by atomic mass is 16.5. The van der Waals surface area contributed by atoms with E-state index in [0.717, 1.165) is 17.0 Å². The minimum absolute atomic E-state index is 0.567. The Balaban J connectivity index is 2.14. The van der Waals surface area contributed by atoms with Crippen LogP contribution in [0.3, 0.4) is 0 Å². The van der Waals surface area contributed by atoms with Gasteiger partial charge in [-0.15, -0.1) is 0 Å². The first-order valence-electron chi connectivity index (χ1n) is 6.66. The topological polar surface area (TPSA) is 68.8 Å². The van der Waals surface area contributed by atoms with Crippen LogP contribution >= 0.6 is 0 Å². The molecule has 2 aromatic rings. The molecule has 0 saturated heterocycles. The van der Waals surface area contributed by atoms with Gasteiger partial charge in [0.15, 0.2) is 0 Å². The standard InChI is InChI=1S/C17H15N3O/c1-2-21-17-8-7-15(11-19)9-16(17)20-12-14-5-3-13(10-18)4-6-14/h3-9,20H,2,12H2,1H3. The smallest absolute Gasteiger partial charge is 0.142 e. The highest BCUT2D eigenvalue weighted by molar-refractivity contribution is 5.60. The van der Waals surface area contributed by atoms with Gasteiger partial charge in [0.05, 0.1) is 35.6 Å². The van der Waals surface area contributed by atoms with Gasteiger partial charge in [-0.25, -0.2) is 0 Å². The van der Waals surface area contributed by atoms with Crippen molar-refractivity contribution in [2.24, 2.45) is 0 Å². The predicted octanol–water partition coefficient (Wildman–Crippen LogP) is 3.44. The van der Waals surface area contributed by atoms with Crippen LogP contribution in [-0.4, -0.2) is 6.61 Å². The van der Waals surface area contributed by atoms with Gasteiger partial charge in [-0.3, -0.25) is 0 Å². The molecule has 0 amide bonds. The molecular weight excluding hydrogens is 262 g/mol. The van der Waals surface area contributed by atoms with E-state index in [0.29, 0.717) is 24.3 Å². The van der Waals surface area contributed by atoms with E-state index in [-0.39, 0.29) is 0 Å². The van der Waals surface area contributed by atoms with E-state index in [2.05, 4.69) is 17.5 Å². The number of nitriles is 2. The van der Waals surface area contributed by atoms with Crippen LogP contribution in [0.15, 0.2) is 42.5 Å². The molecule has 1 N–H and O–H groups in total. The first-order chi connectivity index (χ1) is 10.3. The zero-order valence-electron chi connectivity index (χ0n) is 11.8. The predicted molar refractivity (Wildman–Crippen MR) is 80.8 cm³/mol. The minimum Gasteiger partial charge on any atom is -0.492 e. The molecule has 2 rings (SSSR count). The summed E-state index contributed by atoms with van der Waals surface area (Å²) < 4.78 is 5.55. The number of nitrogens with zero attached hydrogens (tertiary/aromatic N) is 2. The average Bonchev–Trinajstić information content (AvgIpc) is 2.54. The summed E-state index contributed by atoms with van der Waals surface area (Å²) in [6.45, 7) is 3.08. The maximum absolute atomic E-state index is 8.98. The van der Waals surface area contributed by atoms with Crippen molar-refractivity contribution < 1.29 is 4.74 Å². The van der Waals surface area contributed by atoms with Crippen molar-refractivity contribution in [3.63, 3.8) is 0 Å². The van der Waals surface area contributed by atoms with Gasteiger partial charge in [0.1, 0.15) is 5.75 Å². The summed E-state index contributed by atoms with van der Waals surface area (Å²) in [6, 6.07) is 16.9. The van der Waals surface area contributed by atoms with E-state index >= 15 is 0 Å². The molecule has 4 nitrogen and oxygen atoms in total. The second-order valence-electron chi connectivity index (χ2n) is 4.42. The largest absolute Gasteiger partial charge is 0.492 e. The van der Waals surface area contributed by atoms with Crippen LogP contribution in [-0.2, 0) is 6.54 Å². The van der Waals surface area contributed by atoms with Crippen LogP contribution in [0, 0.1) is 22.7 Å². The van der Waals surface area contributed by atoms with E-state index in [9.17, 15) is 0 Å². The molecule has 21 heavy (non-hydrogen) atoms. The number of hydrogen-bond acceptors (Lipinski definition) is 4. The highest BCUT2D eigenvalue weighted by Gasteiger charge is 2.05. The third-order valence-electron chi connectivity index (χ3n) is 2.97. The summed E-state index contributed by atoms with van der Waals surface area (Å²) in [5, 5.41) is 21.0. The molecule has 0 aliphatic carbocycles. The van der Waals surface area contributed by atoms with E-state index in [4.69, 9.17) is 15.3 Å². The van der Waals surface area contributed by atoms with Gasteiger partial charge < -0.3 is 10.1 Å². The fraction of sp³-hybridized carbons (Fsp3) is 0.176. The van der Waals surface area contributed by atoms with Gasteiger partial charge in [-0.1, -0.05) is 12.1 Å². The van der Waals surface area contributed by atoms with E-state index < -0.39 is 0 Å². The van der Waals surface area contributed by atoms with Crippen LogP contribution in [0.4, 0.5) is 5.69 Å². The Bertz CT molecular complexity index is 693. The van der Waals surface area contributed by atoms with Gasteiger partial charge in [-0.05, 0) is 42.8 Å². The van der Waals surface area contributed by atoms with Crippen LogP contribution in [0.25, 0.3) is 0 Å². The molecule has 0 aliphatic rings. The second-order valence-corrected chi connectivity index (χ2v) is 4.42. The molecule has 0 unspecified atom stereocenters. The first kappa shape index (κ1) is 14.4. The van der Waals surface area contributed by atoms with Gasteiger partial charge in [0, 0.05) is 6.54 Å². The van der Waals surface area contributed by atoms with Crippen molar-refractivity contribution in [1.82, 2.24) is 0 Å². The zero-order valence-corrected chi connectivity index (χ0v) is 11.8. The summed E-state index contributed by atoms with van der Waals surface area (Å²) >= 11 is 0. The monoisotopic (exact) mass is 277 g/mol. The van der Waals surface area contributed by atoms with E-state index in [1.54, 1.807) is 30.3 Å². The maximum atomic E-state index is 8.98. The van der Waals surface area contributed by atoms with Crippen LogP contribution < -0.4 is 10.1 Å². The fourth-order valence-electron chi connectivity index (χ4n) is 1.91. The Morgan fingerprint density at radius 3 is 2.29 bits per heavy atom. The summed E-state index contributed by atoms with van der Waals surface area (Å²) in [5.74, 6) is 0.727. The second kappa shape index (κ2) is 6.98. The summed E-state index contributed by atoms with van der Waals surface area (Å²) in [6.07, 6.45) is 0. The number of benzene rings is 2. The molecule has 2 aromatic carbocycles. The maximum Gasteiger partial charge on any atom is 0.142 e. The lowest BCUT2D eigenvalue weighted by Crippen LogP contribution is -2.03. The molecule has 0 radical (unpaired) electrons. The van der Waals surface area contributed by atoms with Crippen LogP contribution in [0.2, 0.25) is 0 Å². The quantitative estimate of drug-likeness (QED) is 0.909. The molecule has 0 heterocycles. The molecule has 4 heteroatoms. The normalized spacial score (nSPS) is 9.48. The minimum atomic E-state index is 0.567. The number of ether oxygens (including phenoxy) is 1. The Kier molecular flexibility index (Phi) is 4.79. The van der Waals surface area contributed by atoms with Crippen molar-refractivity contribution in [1.29, 1.82) is 10.5 Å². The van der Waals surface area contributed by atoms with E-state index in [1.165, 1.54) is 0 Å². The molecular formula is C17H15N3O. The SMILES string of the molecule is CCOc1ccc(C#N)cc1NCc1ccc(C#N)cc1. The van der Waals surface area contributed by atoms with E-state index in [1.807, 2.05) is 19.1 Å². The van der Waals surface area contributed by atoms with Crippen LogP contribution in [0.5, 0.6) is 5.75 Å². The zero-order chi connectivity index (χ0) is 15.1. The van der Waals surface area contributed by atoms with Gasteiger partial charge >= 0.3 is 0 Å². The summed E-state index contributed by atoms with van der Waals surface area (Å²) in [4.78, 5) is 0. The van der Waals surface area contributed by atoms with Crippen molar-refractivity contribution in [2.75, 3.05) is 11.9 Å². The fourth-order valence-corrected chi connectivity index (χ4v) is 1.91. The highest BCUT2D eigenvalue weighted by Crippen LogP contribution is 2.26. The number of rotatable bonds is 5. The van der Waals surface area contributed by atoms with Crippen molar-refractivity contribution in [2.45, 2.75) is 13.5 Å². The van der Waals surface area contributed by atoms with Crippen LogP contribution in [0.1, 0.15) is 23.6 Å². The third kappa shape index (κ3) is 3.75. The molecule has 0 spiro atoms. The molecule has 0 bridgehead atoms. The molecule has 104 valence electrons. The van der Waals surface area contributed by atoms with Gasteiger partial charge in [0.25, 0.3) is 0 Å². The Hall–Kier alpha value is -2.98. The number of nitrogens with one attached hydrogen (secondary N) is 1. The third-order valence-corrected chi connectivity index (χ3v) is 2.97. The van der Waals surface area contributed by atoms with Crippen molar-refractivity contribution >= 4 is 5.69 Å². The molecule has 0 aromatic heterocycles. The lowest BCUT2D eigenvalue weighted by Gasteiger charge is -2.12.